The Morgan fingerprint density at radius 2 is 2.09 bits per heavy atom. The second kappa shape index (κ2) is 2.94. The molecule has 0 bridgehead atoms. The monoisotopic (exact) mass is 169 g/mol. The predicted octanol–water partition coefficient (Wildman–Crippen LogP) is 2.28. The van der Waals surface area contributed by atoms with E-state index in [0.717, 1.165) is 17.7 Å². The Labute approximate surface area is 73.9 Å². The van der Waals surface area contributed by atoms with Gasteiger partial charge >= 0.3 is 0 Å². The summed E-state index contributed by atoms with van der Waals surface area (Å²) in [5, 5.41) is 3.16. The maximum Gasteiger partial charge on any atom is 0.0174 e. The molecule has 1 aliphatic carbocycles. The van der Waals surface area contributed by atoms with Crippen molar-refractivity contribution in [2.75, 3.05) is 7.05 Å². The average Bonchev–Trinajstić information content (AvgIpc) is 1.83. The molecule has 0 saturated carbocycles. The zero-order chi connectivity index (χ0) is 8.48. The highest BCUT2D eigenvalue weighted by Gasteiger charge is 2.24. The van der Waals surface area contributed by atoms with Crippen LogP contribution >= 0.6 is 12.2 Å². The Morgan fingerprint density at radius 1 is 1.45 bits per heavy atom. The van der Waals surface area contributed by atoms with Crippen molar-refractivity contribution in [3.05, 3.63) is 11.8 Å². The lowest BCUT2D eigenvalue weighted by molar-refractivity contribution is 0.367. The van der Waals surface area contributed by atoms with Gasteiger partial charge in [0.2, 0.25) is 0 Å². The molecule has 0 aliphatic heterocycles. The van der Waals surface area contributed by atoms with Crippen LogP contribution in [0.2, 0.25) is 0 Å². The summed E-state index contributed by atoms with van der Waals surface area (Å²) in [7, 11) is 1.95. The van der Waals surface area contributed by atoms with E-state index >= 15 is 0 Å². The van der Waals surface area contributed by atoms with E-state index in [1.54, 1.807) is 0 Å². The first-order chi connectivity index (χ1) is 5.03. The first-order valence-corrected chi connectivity index (χ1v) is 4.35. The van der Waals surface area contributed by atoms with Crippen molar-refractivity contribution in [1.82, 2.24) is 5.32 Å². The van der Waals surface area contributed by atoms with Gasteiger partial charge in [0.15, 0.2) is 0 Å². The first kappa shape index (κ1) is 8.72. The second-order valence-electron chi connectivity index (χ2n) is 3.90. The lowest BCUT2D eigenvalue weighted by Crippen LogP contribution is -2.25. The van der Waals surface area contributed by atoms with Gasteiger partial charge in [0.1, 0.15) is 0 Å². The molecule has 11 heavy (non-hydrogen) atoms. The molecular weight excluding hydrogens is 154 g/mol. The van der Waals surface area contributed by atoms with Gasteiger partial charge in [0.25, 0.3) is 0 Å². The number of thiocarbonyl (C=S) groups is 1. The molecule has 0 aromatic heterocycles. The van der Waals surface area contributed by atoms with Crippen LogP contribution in [-0.4, -0.2) is 11.9 Å². The topological polar surface area (TPSA) is 12.0 Å². The minimum absolute atomic E-state index is 0.351. The molecule has 0 unspecified atom stereocenters. The van der Waals surface area contributed by atoms with Gasteiger partial charge in [-0.25, -0.2) is 0 Å². The van der Waals surface area contributed by atoms with Crippen LogP contribution in [0.4, 0.5) is 0 Å². The van der Waals surface area contributed by atoms with E-state index in [0.29, 0.717) is 5.41 Å². The normalized spacial score (nSPS) is 22.8. The van der Waals surface area contributed by atoms with Crippen LogP contribution in [0.15, 0.2) is 11.8 Å². The molecule has 1 N–H and O–H groups in total. The summed E-state index contributed by atoms with van der Waals surface area (Å²) in [5.41, 5.74) is 1.62. The fourth-order valence-corrected chi connectivity index (χ4v) is 2.04. The zero-order valence-electron chi connectivity index (χ0n) is 7.40. The molecule has 2 heteroatoms. The fourth-order valence-electron chi connectivity index (χ4n) is 1.51. The first-order valence-electron chi connectivity index (χ1n) is 3.95. The minimum atomic E-state index is 0.351. The largest absolute Gasteiger partial charge is 0.391 e. The summed E-state index contributed by atoms with van der Waals surface area (Å²) in [6.45, 7) is 4.51. The van der Waals surface area contributed by atoms with Gasteiger partial charge in [0.05, 0.1) is 0 Å². The molecule has 1 nitrogen and oxygen atoms in total. The fraction of sp³-hybridized carbons (Fsp3) is 0.667. The Hall–Kier alpha value is -0.370. The summed E-state index contributed by atoms with van der Waals surface area (Å²) >= 11 is 5.18. The van der Waals surface area contributed by atoms with Gasteiger partial charge < -0.3 is 5.32 Å². The van der Waals surface area contributed by atoms with Crippen LogP contribution in [-0.2, 0) is 0 Å². The molecule has 0 spiro atoms. The second-order valence-corrected chi connectivity index (χ2v) is 4.43. The van der Waals surface area contributed by atoms with E-state index in [-0.39, 0.29) is 0 Å². The van der Waals surface area contributed by atoms with Gasteiger partial charge in [0, 0.05) is 17.6 Å². The van der Waals surface area contributed by atoms with Gasteiger partial charge in [-0.1, -0.05) is 26.1 Å². The summed E-state index contributed by atoms with van der Waals surface area (Å²) in [6.07, 6.45) is 4.25. The van der Waals surface area contributed by atoms with Gasteiger partial charge in [-0.2, -0.15) is 0 Å². The highest BCUT2D eigenvalue weighted by atomic mass is 32.1. The Morgan fingerprint density at radius 3 is 2.55 bits per heavy atom. The van der Waals surface area contributed by atoms with E-state index < -0.39 is 0 Å². The molecule has 0 aromatic carbocycles. The molecule has 62 valence electrons. The van der Waals surface area contributed by atoms with E-state index in [1.165, 1.54) is 5.70 Å². The molecule has 0 fully saturated rings. The maximum absolute atomic E-state index is 5.18. The summed E-state index contributed by atoms with van der Waals surface area (Å²) in [5.74, 6) is 0. The molecule has 1 aliphatic rings. The van der Waals surface area contributed by atoms with Crippen LogP contribution in [0.3, 0.4) is 0 Å². The number of nitrogens with one attached hydrogen (secondary N) is 1. The average molecular weight is 169 g/mol. The highest BCUT2D eigenvalue weighted by Crippen LogP contribution is 2.32. The van der Waals surface area contributed by atoms with Crippen molar-refractivity contribution in [1.29, 1.82) is 0 Å². The van der Waals surface area contributed by atoms with Crippen molar-refractivity contribution in [2.45, 2.75) is 26.7 Å². The van der Waals surface area contributed by atoms with E-state index in [9.17, 15) is 0 Å². The third kappa shape index (κ3) is 2.29. The molecule has 1 rings (SSSR count). The van der Waals surface area contributed by atoms with E-state index in [4.69, 9.17) is 12.2 Å². The van der Waals surface area contributed by atoms with Gasteiger partial charge in [-0.05, 0) is 24.3 Å². The third-order valence-electron chi connectivity index (χ3n) is 1.98. The molecule has 0 saturated heterocycles. The molecule has 0 radical (unpaired) electrons. The number of hydrogen-bond donors (Lipinski definition) is 1. The molecule has 0 heterocycles. The zero-order valence-corrected chi connectivity index (χ0v) is 8.22. The Bertz CT molecular complexity index is 204. The van der Waals surface area contributed by atoms with E-state index in [2.05, 4.69) is 25.2 Å². The van der Waals surface area contributed by atoms with Crippen molar-refractivity contribution in [2.24, 2.45) is 5.41 Å². The summed E-state index contributed by atoms with van der Waals surface area (Å²) < 4.78 is 0. The van der Waals surface area contributed by atoms with Crippen LogP contribution in [0.25, 0.3) is 0 Å². The smallest absolute Gasteiger partial charge is 0.0174 e. The number of allylic oxidation sites excluding steroid dienone is 2. The summed E-state index contributed by atoms with van der Waals surface area (Å²) in [6, 6.07) is 0. The van der Waals surface area contributed by atoms with Crippen LogP contribution in [0, 0.1) is 5.41 Å². The van der Waals surface area contributed by atoms with Crippen LogP contribution in [0.5, 0.6) is 0 Å². The summed E-state index contributed by atoms with van der Waals surface area (Å²) in [4.78, 5) is 1.07. The maximum atomic E-state index is 5.18. The van der Waals surface area contributed by atoms with E-state index in [1.807, 2.05) is 7.05 Å². The van der Waals surface area contributed by atoms with Crippen LogP contribution < -0.4 is 5.32 Å². The Kier molecular flexibility index (Phi) is 2.33. The lowest BCUT2D eigenvalue weighted by Gasteiger charge is -2.29. The third-order valence-corrected chi connectivity index (χ3v) is 2.24. The van der Waals surface area contributed by atoms with Crippen molar-refractivity contribution in [3.63, 3.8) is 0 Å². The van der Waals surface area contributed by atoms with Gasteiger partial charge in [-0.3, -0.25) is 0 Å². The molecule has 0 amide bonds. The highest BCUT2D eigenvalue weighted by molar-refractivity contribution is 7.80. The molecule has 0 atom stereocenters. The van der Waals surface area contributed by atoms with Crippen molar-refractivity contribution in [3.8, 4) is 0 Å². The predicted molar refractivity (Wildman–Crippen MR) is 52.8 cm³/mol. The molecule has 0 aromatic rings. The van der Waals surface area contributed by atoms with Crippen LogP contribution in [0.1, 0.15) is 26.7 Å². The SMILES string of the molecule is CNC1=CC(=S)CC(C)(C)C1. The molecular formula is C9H15NS. The standard InChI is InChI=1S/C9H15NS/c1-9(2)5-7(10-3)4-8(11)6-9/h4,10H,5-6H2,1-3H3. The van der Waals surface area contributed by atoms with Crippen molar-refractivity contribution < 1.29 is 0 Å². The van der Waals surface area contributed by atoms with Crippen molar-refractivity contribution >= 4 is 17.1 Å². The minimum Gasteiger partial charge on any atom is -0.391 e. The Balaban J connectivity index is 2.78. The van der Waals surface area contributed by atoms with Gasteiger partial charge in [-0.15, -0.1) is 0 Å². The number of rotatable bonds is 1. The lowest BCUT2D eigenvalue weighted by atomic mass is 9.79. The quantitative estimate of drug-likeness (QED) is 0.604. The number of hydrogen-bond acceptors (Lipinski definition) is 2.